The lowest BCUT2D eigenvalue weighted by Gasteiger charge is -2.16. The van der Waals surface area contributed by atoms with Gasteiger partial charge in [0, 0.05) is 18.0 Å². The molecule has 7 nitrogen and oxygen atoms in total. The molecule has 2 aromatic carbocycles. The van der Waals surface area contributed by atoms with Gasteiger partial charge < -0.3 is 20.7 Å². The van der Waals surface area contributed by atoms with E-state index in [9.17, 15) is 18.4 Å². The van der Waals surface area contributed by atoms with Gasteiger partial charge in [-0.05, 0) is 48.4 Å². The molecule has 3 aromatic rings. The molecule has 0 bridgehead atoms. The van der Waals surface area contributed by atoms with E-state index in [1.807, 2.05) is 6.07 Å². The third-order valence-corrected chi connectivity index (χ3v) is 5.21. The molecule has 3 N–H and O–H groups in total. The number of amides is 2. The molecule has 2 amide bonds. The van der Waals surface area contributed by atoms with Crippen molar-refractivity contribution in [3.63, 3.8) is 0 Å². The van der Waals surface area contributed by atoms with Gasteiger partial charge in [-0.25, -0.2) is 13.8 Å². The number of carbonyl (C=O) groups is 2. The second kappa shape index (κ2) is 9.64. The summed E-state index contributed by atoms with van der Waals surface area (Å²) < 4.78 is 32.4. The number of nitrogens with zero attached hydrogens (tertiary/aromatic N) is 1. The maximum atomic E-state index is 13.5. The molecule has 9 heteroatoms. The van der Waals surface area contributed by atoms with Crippen molar-refractivity contribution in [2.45, 2.75) is 19.4 Å². The van der Waals surface area contributed by atoms with Gasteiger partial charge in [0.25, 0.3) is 5.91 Å². The highest BCUT2D eigenvalue weighted by molar-refractivity contribution is 5.99. The number of ether oxygens (including phenoxy) is 1. The fraction of sp³-hybridized carbons (Fsp3) is 0.208. The van der Waals surface area contributed by atoms with E-state index in [1.54, 1.807) is 37.4 Å². The zero-order chi connectivity index (χ0) is 23.4. The average molecular weight is 452 g/mol. The minimum absolute atomic E-state index is 0.0383. The summed E-state index contributed by atoms with van der Waals surface area (Å²) in [6.07, 6.45) is 1.93. The van der Waals surface area contributed by atoms with Gasteiger partial charge in [0.15, 0.2) is 11.6 Å². The van der Waals surface area contributed by atoms with Crippen molar-refractivity contribution in [3.8, 4) is 5.75 Å². The summed E-state index contributed by atoms with van der Waals surface area (Å²) in [6.45, 7) is 2.36. The van der Waals surface area contributed by atoms with Crippen LogP contribution in [0.1, 0.15) is 34.5 Å². The van der Waals surface area contributed by atoms with Gasteiger partial charge in [-0.15, -0.1) is 0 Å². The number of halogens is 2. The molecule has 170 valence electrons. The molecule has 0 spiro atoms. The van der Waals surface area contributed by atoms with E-state index >= 15 is 0 Å². The van der Waals surface area contributed by atoms with Crippen LogP contribution in [0.15, 0.2) is 54.7 Å². The Morgan fingerprint density at radius 3 is 2.85 bits per heavy atom. The molecular weight excluding hydrogens is 430 g/mol. The van der Waals surface area contributed by atoms with E-state index in [4.69, 9.17) is 4.74 Å². The maximum Gasteiger partial charge on any atom is 0.255 e. The topological polar surface area (TPSA) is 92.3 Å². The van der Waals surface area contributed by atoms with Crippen LogP contribution in [-0.4, -0.2) is 29.9 Å². The largest absolute Gasteiger partial charge is 0.492 e. The van der Waals surface area contributed by atoms with Crippen LogP contribution in [0, 0.1) is 11.6 Å². The Morgan fingerprint density at radius 1 is 1.18 bits per heavy atom. The third-order valence-electron chi connectivity index (χ3n) is 5.21. The molecule has 1 aliphatic rings. The van der Waals surface area contributed by atoms with Gasteiger partial charge in [-0.3, -0.25) is 9.59 Å². The number of rotatable bonds is 8. The molecule has 0 saturated heterocycles. The Bertz CT molecular complexity index is 1200. The smallest absolute Gasteiger partial charge is 0.255 e. The van der Waals surface area contributed by atoms with Crippen molar-refractivity contribution in [3.05, 3.63) is 83.1 Å². The van der Waals surface area contributed by atoms with Crippen molar-refractivity contribution < 1.29 is 23.1 Å². The number of anilines is 2. The van der Waals surface area contributed by atoms with Gasteiger partial charge in [0.05, 0.1) is 24.6 Å². The van der Waals surface area contributed by atoms with Gasteiger partial charge >= 0.3 is 0 Å². The van der Waals surface area contributed by atoms with E-state index in [0.29, 0.717) is 42.3 Å². The number of aromatic nitrogens is 1. The van der Waals surface area contributed by atoms with Crippen LogP contribution >= 0.6 is 0 Å². The van der Waals surface area contributed by atoms with Crippen LogP contribution in [0.5, 0.6) is 5.75 Å². The Balaban J connectivity index is 1.33. The third kappa shape index (κ3) is 5.25. The van der Waals surface area contributed by atoms with Crippen molar-refractivity contribution in [2.75, 3.05) is 23.8 Å². The van der Waals surface area contributed by atoms with Gasteiger partial charge in [-0.2, -0.15) is 0 Å². The van der Waals surface area contributed by atoms with Crippen LogP contribution < -0.4 is 20.7 Å². The predicted octanol–water partition coefficient (Wildman–Crippen LogP) is 3.84. The lowest BCUT2D eigenvalue weighted by molar-refractivity contribution is -0.115. The first kappa shape index (κ1) is 22.2. The van der Waals surface area contributed by atoms with Crippen molar-refractivity contribution in [1.82, 2.24) is 10.3 Å². The fourth-order valence-electron chi connectivity index (χ4n) is 3.49. The zero-order valence-corrected chi connectivity index (χ0v) is 17.8. The van der Waals surface area contributed by atoms with Crippen LogP contribution in [0.2, 0.25) is 0 Å². The van der Waals surface area contributed by atoms with E-state index in [0.717, 1.165) is 23.4 Å². The van der Waals surface area contributed by atoms with E-state index < -0.39 is 23.6 Å². The molecule has 0 saturated carbocycles. The summed E-state index contributed by atoms with van der Waals surface area (Å²) in [5, 5.41) is 8.63. The summed E-state index contributed by atoms with van der Waals surface area (Å²) in [5.74, 6) is -1.36. The molecule has 0 unspecified atom stereocenters. The standard InChI is InChI=1S/C24H22F2N4O3/c1-14(15-5-7-19(25)20(26)11-15)29-24(32)18-3-2-8-27-23(18)28-9-10-33-17-6-4-16-12-22(31)30-21(16)13-17/h2-8,11,13-14H,9-10,12H2,1H3,(H,27,28)(H,29,32)(H,30,31)/t14-/m0/s1. The minimum atomic E-state index is -0.969. The fourth-order valence-corrected chi connectivity index (χ4v) is 3.49. The van der Waals surface area contributed by atoms with Crippen LogP contribution in [0.4, 0.5) is 20.3 Å². The van der Waals surface area contributed by atoms with Gasteiger partial charge in [-0.1, -0.05) is 12.1 Å². The minimum Gasteiger partial charge on any atom is -0.492 e. The Labute approximate surface area is 189 Å². The molecule has 1 aliphatic heterocycles. The van der Waals surface area contributed by atoms with Gasteiger partial charge in [0.2, 0.25) is 5.91 Å². The second-order valence-corrected chi connectivity index (χ2v) is 7.59. The SMILES string of the molecule is C[C@H](NC(=O)c1cccnc1NCCOc1ccc2c(c1)NC(=O)C2)c1ccc(F)c(F)c1. The average Bonchev–Trinajstić information content (AvgIpc) is 3.18. The summed E-state index contributed by atoms with van der Waals surface area (Å²) in [7, 11) is 0. The number of hydrogen-bond acceptors (Lipinski definition) is 5. The van der Waals surface area contributed by atoms with E-state index in [1.165, 1.54) is 6.07 Å². The zero-order valence-electron chi connectivity index (χ0n) is 17.8. The summed E-state index contributed by atoms with van der Waals surface area (Å²) >= 11 is 0. The molecular formula is C24H22F2N4O3. The molecule has 2 heterocycles. The highest BCUT2D eigenvalue weighted by atomic mass is 19.2. The predicted molar refractivity (Wildman–Crippen MR) is 119 cm³/mol. The highest BCUT2D eigenvalue weighted by Crippen LogP contribution is 2.27. The molecule has 1 atom stereocenters. The number of hydrogen-bond donors (Lipinski definition) is 3. The highest BCUT2D eigenvalue weighted by Gasteiger charge is 2.18. The van der Waals surface area contributed by atoms with E-state index in [2.05, 4.69) is 20.9 Å². The van der Waals surface area contributed by atoms with Gasteiger partial charge in [0.1, 0.15) is 18.2 Å². The first-order valence-electron chi connectivity index (χ1n) is 10.4. The molecule has 0 radical (unpaired) electrons. The number of fused-ring (bicyclic) bond motifs is 1. The molecule has 1 aromatic heterocycles. The summed E-state index contributed by atoms with van der Waals surface area (Å²) in [6, 6.07) is 11.7. The Hall–Kier alpha value is -4.01. The summed E-state index contributed by atoms with van der Waals surface area (Å²) in [5.41, 5.74) is 2.45. The number of nitrogens with one attached hydrogen (secondary N) is 3. The van der Waals surface area contributed by atoms with E-state index in [-0.39, 0.29) is 5.91 Å². The molecule has 4 rings (SSSR count). The van der Waals surface area contributed by atoms with Crippen LogP contribution in [-0.2, 0) is 11.2 Å². The molecule has 33 heavy (non-hydrogen) atoms. The van der Waals surface area contributed by atoms with Crippen molar-refractivity contribution >= 4 is 23.3 Å². The van der Waals surface area contributed by atoms with Crippen LogP contribution in [0.25, 0.3) is 0 Å². The second-order valence-electron chi connectivity index (χ2n) is 7.59. The number of pyridine rings is 1. The molecule has 0 fully saturated rings. The normalized spacial score (nSPS) is 13.1. The lowest BCUT2D eigenvalue weighted by Crippen LogP contribution is -2.28. The number of benzene rings is 2. The Morgan fingerprint density at radius 2 is 2.03 bits per heavy atom. The summed E-state index contributed by atoms with van der Waals surface area (Å²) in [4.78, 5) is 28.4. The quantitative estimate of drug-likeness (QED) is 0.452. The molecule has 0 aliphatic carbocycles. The maximum absolute atomic E-state index is 13.5. The van der Waals surface area contributed by atoms with Crippen molar-refractivity contribution in [2.24, 2.45) is 0 Å². The monoisotopic (exact) mass is 452 g/mol. The van der Waals surface area contributed by atoms with Crippen molar-refractivity contribution in [1.29, 1.82) is 0 Å². The first-order valence-corrected chi connectivity index (χ1v) is 10.4. The first-order chi connectivity index (χ1) is 15.9. The Kier molecular flexibility index (Phi) is 6.48. The lowest BCUT2D eigenvalue weighted by atomic mass is 10.1. The van der Waals surface area contributed by atoms with Crippen LogP contribution in [0.3, 0.4) is 0 Å². The number of carbonyl (C=O) groups excluding carboxylic acids is 2.